The standard InChI is InChI=1S/C18H19N3O3/c1-12-3-5-13(6-4-12)15-8-7-14(17(23)19-15)18(24)21-10-9-20(2)16(22)11-21/h3-8H,9-11H2,1-2H3,(H,19,23). The molecule has 0 radical (unpaired) electrons. The molecule has 124 valence electrons. The van der Waals surface area contributed by atoms with Crippen LogP contribution in [0.4, 0.5) is 0 Å². The molecule has 1 aromatic heterocycles. The number of hydrogen-bond acceptors (Lipinski definition) is 3. The number of nitrogens with zero attached hydrogens (tertiary/aromatic N) is 2. The maximum atomic E-state index is 12.5. The van der Waals surface area contributed by atoms with Crippen LogP contribution in [0.15, 0.2) is 41.2 Å². The fraction of sp³-hybridized carbons (Fsp3) is 0.278. The summed E-state index contributed by atoms with van der Waals surface area (Å²) in [5.41, 5.74) is 2.29. The fourth-order valence-electron chi connectivity index (χ4n) is 2.65. The summed E-state index contributed by atoms with van der Waals surface area (Å²) in [5.74, 6) is -0.532. The van der Waals surface area contributed by atoms with Crippen molar-refractivity contribution in [2.75, 3.05) is 26.7 Å². The van der Waals surface area contributed by atoms with Crippen LogP contribution in [0, 0.1) is 6.92 Å². The lowest BCUT2D eigenvalue weighted by Crippen LogP contribution is -2.51. The summed E-state index contributed by atoms with van der Waals surface area (Å²) < 4.78 is 0. The van der Waals surface area contributed by atoms with Crippen molar-refractivity contribution in [3.8, 4) is 11.3 Å². The van der Waals surface area contributed by atoms with Gasteiger partial charge in [0, 0.05) is 25.8 Å². The molecule has 0 bridgehead atoms. The maximum Gasteiger partial charge on any atom is 0.261 e. The van der Waals surface area contributed by atoms with Gasteiger partial charge in [0.2, 0.25) is 5.91 Å². The van der Waals surface area contributed by atoms with Gasteiger partial charge in [0.15, 0.2) is 0 Å². The normalized spacial score (nSPS) is 14.8. The summed E-state index contributed by atoms with van der Waals surface area (Å²) in [4.78, 5) is 42.3. The Morgan fingerprint density at radius 2 is 1.75 bits per heavy atom. The Hall–Kier alpha value is -2.89. The van der Waals surface area contributed by atoms with Crippen molar-refractivity contribution in [1.82, 2.24) is 14.8 Å². The van der Waals surface area contributed by atoms with E-state index >= 15 is 0 Å². The lowest BCUT2D eigenvalue weighted by atomic mass is 10.1. The van der Waals surface area contributed by atoms with Gasteiger partial charge in [-0.25, -0.2) is 0 Å². The zero-order chi connectivity index (χ0) is 17.3. The number of pyridine rings is 1. The van der Waals surface area contributed by atoms with Gasteiger partial charge in [0.25, 0.3) is 11.5 Å². The van der Waals surface area contributed by atoms with Crippen LogP contribution in [0.2, 0.25) is 0 Å². The van der Waals surface area contributed by atoms with E-state index in [1.54, 1.807) is 18.0 Å². The molecule has 6 heteroatoms. The van der Waals surface area contributed by atoms with Crippen LogP contribution in [0.3, 0.4) is 0 Å². The molecule has 0 saturated carbocycles. The summed E-state index contributed by atoms with van der Waals surface area (Å²) in [6, 6.07) is 11.0. The first kappa shape index (κ1) is 16.0. The Labute approximate surface area is 139 Å². The summed E-state index contributed by atoms with van der Waals surface area (Å²) in [6.45, 7) is 2.91. The van der Waals surface area contributed by atoms with Crippen LogP contribution < -0.4 is 5.56 Å². The molecule has 2 amide bonds. The van der Waals surface area contributed by atoms with Gasteiger partial charge in [0.1, 0.15) is 12.1 Å². The number of piperazine rings is 1. The predicted octanol–water partition coefficient (Wildman–Crippen LogP) is 1.26. The van der Waals surface area contributed by atoms with E-state index in [1.165, 1.54) is 11.0 Å². The summed E-state index contributed by atoms with van der Waals surface area (Å²) in [6.07, 6.45) is 0. The first-order valence-electron chi connectivity index (χ1n) is 7.79. The number of aromatic nitrogens is 1. The third-order valence-electron chi connectivity index (χ3n) is 4.25. The second-order valence-electron chi connectivity index (χ2n) is 6.02. The highest BCUT2D eigenvalue weighted by atomic mass is 16.2. The van der Waals surface area contributed by atoms with Crippen LogP contribution in [0.5, 0.6) is 0 Å². The number of aromatic amines is 1. The van der Waals surface area contributed by atoms with Gasteiger partial charge in [-0.3, -0.25) is 14.4 Å². The highest BCUT2D eigenvalue weighted by Gasteiger charge is 2.27. The molecule has 1 saturated heterocycles. The van der Waals surface area contributed by atoms with Crippen LogP contribution in [-0.4, -0.2) is 53.3 Å². The molecule has 0 unspecified atom stereocenters. The Morgan fingerprint density at radius 1 is 1.04 bits per heavy atom. The van der Waals surface area contributed by atoms with Gasteiger partial charge in [-0.15, -0.1) is 0 Å². The Morgan fingerprint density at radius 3 is 2.38 bits per heavy atom. The van der Waals surface area contributed by atoms with E-state index in [-0.39, 0.29) is 18.0 Å². The van der Waals surface area contributed by atoms with Gasteiger partial charge < -0.3 is 14.8 Å². The van der Waals surface area contributed by atoms with E-state index in [1.807, 2.05) is 31.2 Å². The van der Waals surface area contributed by atoms with E-state index in [0.717, 1.165) is 11.1 Å². The molecule has 3 rings (SSSR count). The third kappa shape index (κ3) is 3.08. The molecule has 1 fully saturated rings. The minimum atomic E-state index is -0.440. The summed E-state index contributed by atoms with van der Waals surface area (Å²) in [5, 5.41) is 0. The van der Waals surface area contributed by atoms with Crippen molar-refractivity contribution in [2.45, 2.75) is 6.92 Å². The van der Waals surface area contributed by atoms with E-state index in [4.69, 9.17) is 0 Å². The van der Waals surface area contributed by atoms with Crippen LogP contribution in [0.1, 0.15) is 15.9 Å². The molecule has 0 spiro atoms. The van der Waals surface area contributed by atoms with Gasteiger partial charge in [-0.1, -0.05) is 29.8 Å². The highest BCUT2D eigenvalue weighted by Crippen LogP contribution is 2.17. The van der Waals surface area contributed by atoms with E-state index in [2.05, 4.69) is 4.98 Å². The minimum Gasteiger partial charge on any atom is -0.342 e. The minimum absolute atomic E-state index is 0.00842. The van der Waals surface area contributed by atoms with Crippen molar-refractivity contribution in [2.24, 2.45) is 0 Å². The van der Waals surface area contributed by atoms with E-state index in [9.17, 15) is 14.4 Å². The molecular weight excluding hydrogens is 306 g/mol. The molecular formula is C18H19N3O3. The van der Waals surface area contributed by atoms with Gasteiger partial charge in [-0.05, 0) is 24.6 Å². The largest absolute Gasteiger partial charge is 0.342 e. The monoisotopic (exact) mass is 325 g/mol. The highest BCUT2D eigenvalue weighted by molar-refractivity contribution is 5.97. The van der Waals surface area contributed by atoms with Crippen LogP contribution in [-0.2, 0) is 4.79 Å². The lowest BCUT2D eigenvalue weighted by Gasteiger charge is -2.31. The second kappa shape index (κ2) is 6.31. The average Bonchev–Trinajstić information content (AvgIpc) is 2.57. The number of hydrogen-bond donors (Lipinski definition) is 1. The lowest BCUT2D eigenvalue weighted by molar-refractivity contribution is -0.133. The Bertz CT molecular complexity index is 839. The van der Waals surface area contributed by atoms with Crippen molar-refractivity contribution >= 4 is 11.8 Å². The SMILES string of the molecule is Cc1ccc(-c2ccc(C(=O)N3CCN(C)C(=O)C3)c(=O)[nH]2)cc1. The van der Waals surface area contributed by atoms with Crippen LogP contribution in [0.25, 0.3) is 11.3 Å². The average molecular weight is 325 g/mol. The number of H-pyrrole nitrogens is 1. The van der Waals surface area contributed by atoms with E-state index < -0.39 is 11.5 Å². The van der Waals surface area contributed by atoms with Crippen molar-refractivity contribution in [1.29, 1.82) is 0 Å². The number of carbonyl (C=O) groups excluding carboxylic acids is 2. The molecule has 1 aromatic carbocycles. The quantitative estimate of drug-likeness (QED) is 0.903. The van der Waals surface area contributed by atoms with Crippen molar-refractivity contribution in [3.63, 3.8) is 0 Å². The molecule has 0 aliphatic carbocycles. The molecule has 24 heavy (non-hydrogen) atoms. The van der Waals surface area contributed by atoms with Gasteiger partial charge >= 0.3 is 0 Å². The zero-order valence-electron chi connectivity index (χ0n) is 13.7. The predicted molar refractivity (Wildman–Crippen MR) is 90.8 cm³/mol. The maximum absolute atomic E-state index is 12.5. The first-order chi connectivity index (χ1) is 11.5. The number of rotatable bonds is 2. The molecule has 0 atom stereocenters. The van der Waals surface area contributed by atoms with Gasteiger partial charge in [0.05, 0.1) is 0 Å². The molecule has 1 aliphatic heterocycles. The second-order valence-corrected chi connectivity index (χ2v) is 6.02. The van der Waals surface area contributed by atoms with E-state index in [0.29, 0.717) is 18.8 Å². The number of carbonyl (C=O) groups is 2. The first-order valence-corrected chi connectivity index (χ1v) is 7.79. The molecule has 2 aromatic rings. The van der Waals surface area contributed by atoms with Gasteiger partial charge in [-0.2, -0.15) is 0 Å². The summed E-state index contributed by atoms with van der Waals surface area (Å²) in [7, 11) is 1.70. The molecule has 1 aliphatic rings. The number of benzene rings is 1. The zero-order valence-corrected chi connectivity index (χ0v) is 13.7. The fourth-order valence-corrected chi connectivity index (χ4v) is 2.65. The number of amides is 2. The number of aryl methyl sites for hydroxylation is 1. The number of likely N-dealkylation sites (N-methyl/N-ethyl adjacent to an activating group) is 1. The number of nitrogens with one attached hydrogen (secondary N) is 1. The summed E-state index contributed by atoms with van der Waals surface area (Å²) >= 11 is 0. The topological polar surface area (TPSA) is 73.5 Å². The molecule has 1 N–H and O–H groups in total. The smallest absolute Gasteiger partial charge is 0.261 e. The molecule has 6 nitrogen and oxygen atoms in total. The molecule has 2 heterocycles. The van der Waals surface area contributed by atoms with Crippen molar-refractivity contribution < 1.29 is 9.59 Å². The Balaban J connectivity index is 1.85. The Kier molecular flexibility index (Phi) is 4.20. The van der Waals surface area contributed by atoms with Crippen LogP contribution >= 0.6 is 0 Å². The third-order valence-corrected chi connectivity index (χ3v) is 4.25. The van der Waals surface area contributed by atoms with Crippen molar-refractivity contribution in [3.05, 3.63) is 57.9 Å².